The quantitative estimate of drug-likeness (QED) is 0.479. The first-order chi connectivity index (χ1) is 10.9. The molecule has 3 aliphatic carbocycles. The number of hydrogen-bond donors (Lipinski definition) is 0. The van der Waals surface area contributed by atoms with Crippen molar-refractivity contribution in [2.24, 2.45) is 0 Å². The molecule has 0 N–H and O–H groups in total. The fourth-order valence-electron chi connectivity index (χ4n) is 3.01. The van der Waals surface area contributed by atoms with E-state index in [-0.39, 0.29) is 18.3 Å². The minimum absolute atomic E-state index is 0.205. The van der Waals surface area contributed by atoms with E-state index in [1.165, 1.54) is 38.5 Å². The number of allylic oxidation sites excluding steroid dienone is 3. The third kappa shape index (κ3) is 5.53. The molecule has 4 heteroatoms. The zero-order chi connectivity index (χ0) is 15.0. The molecule has 0 amide bonds. The van der Waals surface area contributed by atoms with Gasteiger partial charge in [0, 0.05) is 0 Å². The topological polar surface area (TPSA) is 27.7 Å². The third-order valence-corrected chi connectivity index (χ3v) is 8.09. The Morgan fingerprint density at radius 3 is 1.23 bits per heavy atom. The molecule has 3 aliphatic rings. The van der Waals surface area contributed by atoms with Gasteiger partial charge in [0.25, 0.3) is 0 Å². The molecule has 0 saturated heterocycles. The van der Waals surface area contributed by atoms with E-state index >= 15 is 0 Å². The van der Waals surface area contributed by atoms with Crippen LogP contribution in [0.4, 0.5) is 0 Å². The van der Waals surface area contributed by atoms with E-state index in [9.17, 15) is 0 Å². The van der Waals surface area contributed by atoms with Gasteiger partial charge in [0.15, 0.2) is 0 Å². The van der Waals surface area contributed by atoms with Gasteiger partial charge in [-0.3, -0.25) is 0 Å². The van der Waals surface area contributed by atoms with Crippen LogP contribution in [0.15, 0.2) is 36.5 Å². The maximum atomic E-state index is 6.28. The van der Waals surface area contributed by atoms with Gasteiger partial charge >= 0.3 is 143 Å². The standard InChI is InChI=1S/3C6H9O.Sb/c3*7-6-4-2-1-3-5-6;/h3*2,4,6H,1,3,5H2;/q3*-1;+3. The van der Waals surface area contributed by atoms with Crippen LogP contribution in [-0.4, -0.2) is 39.8 Å². The summed E-state index contributed by atoms with van der Waals surface area (Å²) < 4.78 is 18.8. The molecule has 3 atom stereocenters. The van der Waals surface area contributed by atoms with Crippen molar-refractivity contribution in [1.29, 1.82) is 0 Å². The van der Waals surface area contributed by atoms with E-state index < -0.39 is 21.5 Å². The number of hydrogen-bond acceptors (Lipinski definition) is 3. The molecule has 3 rings (SSSR count). The summed E-state index contributed by atoms with van der Waals surface area (Å²) in [5.74, 6) is 0. The van der Waals surface area contributed by atoms with Crippen molar-refractivity contribution < 1.29 is 9.05 Å². The second kappa shape index (κ2) is 9.27. The van der Waals surface area contributed by atoms with Crippen LogP contribution >= 0.6 is 0 Å². The van der Waals surface area contributed by atoms with E-state index in [1.54, 1.807) is 0 Å². The van der Waals surface area contributed by atoms with Gasteiger partial charge in [-0.1, -0.05) is 0 Å². The third-order valence-electron chi connectivity index (χ3n) is 4.29. The van der Waals surface area contributed by atoms with Crippen LogP contribution in [-0.2, 0) is 9.05 Å². The fourth-order valence-corrected chi connectivity index (χ4v) is 6.84. The average molecular weight is 413 g/mol. The van der Waals surface area contributed by atoms with Gasteiger partial charge in [0.05, 0.1) is 0 Å². The van der Waals surface area contributed by atoms with Gasteiger partial charge in [0.1, 0.15) is 0 Å². The second-order valence-corrected chi connectivity index (χ2v) is 9.31. The molecule has 0 aromatic rings. The van der Waals surface area contributed by atoms with Gasteiger partial charge in [-0.2, -0.15) is 0 Å². The van der Waals surface area contributed by atoms with E-state index in [0.717, 1.165) is 19.3 Å². The zero-order valence-corrected chi connectivity index (χ0v) is 15.8. The monoisotopic (exact) mass is 412 g/mol. The summed E-state index contributed by atoms with van der Waals surface area (Å²) in [7, 11) is 0. The zero-order valence-electron chi connectivity index (χ0n) is 13.2. The van der Waals surface area contributed by atoms with Gasteiger partial charge in [-0.25, -0.2) is 0 Å². The van der Waals surface area contributed by atoms with Crippen molar-refractivity contribution in [2.75, 3.05) is 0 Å². The second-order valence-electron chi connectivity index (χ2n) is 6.23. The van der Waals surface area contributed by atoms with Gasteiger partial charge < -0.3 is 0 Å². The van der Waals surface area contributed by atoms with Crippen LogP contribution in [0.2, 0.25) is 0 Å². The molecule has 0 radical (unpaired) electrons. The van der Waals surface area contributed by atoms with Crippen molar-refractivity contribution >= 4 is 21.5 Å². The van der Waals surface area contributed by atoms with Gasteiger partial charge in [-0.05, 0) is 0 Å². The predicted molar refractivity (Wildman–Crippen MR) is 89.3 cm³/mol. The van der Waals surface area contributed by atoms with E-state index in [0.29, 0.717) is 0 Å². The Morgan fingerprint density at radius 2 is 0.955 bits per heavy atom. The van der Waals surface area contributed by atoms with Crippen LogP contribution in [0.25, 0.3) is 0 Å². The summed E-state index contributed by atoms with van der Waals surface area (Å²) in [6, 6.07) is 0. The minimum atomic E-state index is -2.60. The summed E-state index contributed by atoms with van der Waals surface area (Å²) in [5.41, 5.74) is 0. The van der Waals surface area contributed by atoms with E-state index in [4.69, 9.17) is 9.05 Å². The van der Waals surface area contributed by atoms with E-state index in [2.05, 4.69) is 36.5 Å². The molecule has 0 spiro atoms. The van der Waals surface area contributed by atoms with Crippen molar-refractivity contribution in [3.63, 3.8) is 0 Å². The molecule has 0 fully saturated rings. The van der Waals surface area contributed by atoms with Crippen molar-refractivity contribution in [1.82, 2.24) is 0 Å². The molecular weight excluding hydrogens is 386 g/mol. The van der Waals surface area contributed by atoms with Crippen LogP contribution in [0, 0.1) is 0 Å². The average Bonchev–Trinajstić information content (AvgIpc) is 2.57. The van der Waals surface area contributed by atoms with Crippen molar-refractivity contribution in [2.45, 2.75) is 76.1 Å². The summed E-state index contributed by atoms with van der Waals surface area (Å²) in [5, 5.41) is 0. The Labute approximate surface area is 143 Å². The summed E-state index contributed by atoms with van der Waals surface area (Å²) >= 11 is -2.60. The molecule has 22 heavy (non-hydrogen) atoms. The summed E-state index contributed by atoms with van der Waals surface area (Å²) in [6.07, 6.45) is 24.4. The van der Waals surface area contributed by atoms with Crippen molar-refractivity contribution in [3.8, 4) is 0 Å². The molecule has 122 valence electrons. The summed E-state index contributed by atoms with van der Waals surface area (Å²) in [6.45, 7) is 0. The first-order valence-corrected chi connectivity index (χ1v) is 11.8. The molecule has 0 aliphatic heterocycles. The molecule has 3 nitrogen and oxygen atoms in total. The SMILES string of the molecule is C1=CC([O][Sb]([O]C2C=CCCC2)[O]C2C=CCCC2)CCC1. The summed E-state index contributed by atoms with van der Waals surface area (Å²) in [4.78, 5) is 0. The molecular formula is C18H27O3Sb. The van der Waals surface area contributed by atoms with Crippen LogP contribution < -0.4 is 0 Å². The molecule has 0 bridgehead atoms. The van der Waals surface area contributed by atoms with Crippen molar-refractivity contribution in [3.05, 3.63) is 36.5 Å². The Balaban J connectivity index is 1.58. The molecule has 3 unspecified atom stereocenters. The first-order valence-electron chi connectivity index (χ1n) is 8.70. The Morgan fingerprint density at radius 1 is 0.591 bits per heavy atom. The van der Waals surface area contributed by atoms with Gasteiger partial charge in [-0.15, -0.1) is 0 Å². The molecule has 0 heterocycles. The maximum absolute atomic E-state index is 6.28. The van der Waals surface area contributed by atoms with Crippen LogP contribution in [0.1, 0.15) is 57.8 Å². The molecule has 0 aromatic carbocycles. The Kier molecular flexibility index (Phi) is 7.07. The van der Waals surface area contributed by atoms with Crippen LogP contribution in [0.3, 0.4) is 0 Å². The number of rotatable bonds is 6. The van der Waals surface area contributed by atoms with E-state index in [1.807, 2.05) is 0 Å². The van der Waals surface area contributed by atoms with Gasteiger partial charge in [0.2, 0.25) is 0 Å². The van der Waals surface area contributed by atoms with Crippen LogP contribution in [0.5, 0.6) is 0 Å². The fraction of sp³-hybridized carbons (Fsp3) is 0.667. The molecule has 0 aromatic heterocycles. The Bertz CT molecular complexity index is 357. The Hall–Kier alpha value is -0.0818. The molecule has 0 saturated carbocycles. The first kappa shape index (κ1) is 16.8. The normalized spacial score (nSPS) is 31.8. The predicted octanol–water partition coefficient (Wildman–Crippen LogP) is 4.35.